The Morgan fingerprint density at radius 3 is 2.11 bits per heavy atom. The Labute approximate surface area is 270 Å². The number of benzene rings is 2. The molecule has 46 heavy (non-hydrogen) atoms. The predicted molar refractivity (Wildman–Crippen MR) is 172 cm³/mol. The van der Waals surface area contributed by atoms with Crippen LogP contribution in [-0.2, 0) is 25.7 Å². The number of carbonyl (C=O) groups excluding carboxylic acids is 4. The number of nitrogens with zero attached hydrogens (tertiary/aromatic N) is 3. The fourth-order valence-corrected chi connectivity index (χ4v) is 9.46. The molecule has 10 nitrogen and oxygen atoms in total. The Morgan fingerprint density at radius 2 is 1.50 bits per heavy atom. The number of hydrogen-bond acceptors (Lipinski definition) is 6. The SMILES string of the molecule is COC(=O)C(CNC(=O)N1CCC2(CC1)C(=O)N(Cc1ccccc1)CN2c1ccccc1)NC(=O)C1C2CC3CC(C2)CC1C3. The fraction of sp³-hybridized carbons (Fsp3) is 0.556. The third-order valence-electron chi connectivity index (χ3n) is 11.5. The zero-order valence-corrected chi connectivity index (χ0v) is 26.6. The molecule has 6 fully saturated rings. The van der Waals surface area contributed by atoms with Gasteiger partial charge in [0.25, 0.3) is 0 Å². The Bertz CT molecular complexity index is 1420. The highest BCUT2D eigenvalue weighted by molar-refractivity contribution is 5.94. The van der Waals surface area contributed by atoms with Gasteiger partial charge in [-0.25, -0.2) is 9.59 Å². The van der Waals surface area contributed by atoms with E-state index in [1.807, 2.05) is 65.6 Å². The van der Waals surface area contributed by atoms with Gasteiger partial charge in [-0.15, -0.1) is 0 Å². The monoisotopic (exact) mass is 627 g/mol. The van der Waals surface area contributed by atoms with Crippen molar-refractivity contribution in [2.24, 2.45) is 29.6 Å². The van der Waals surface area contributed by atoms with Crippen LogP contribution in [0.3, 0.4) is 0 Å². The van der Waals surface area contributed by atoms with Crippen molar-refractivity contribution in [1.82, 2.24) is 20.4 Å². The van der Waals surface area contributed by atoms with Gasteiger partial charge in [0.1, 0.15) is 11.6 Å². The first-order chi connectivity index (χ1) is 22.3. The number of likely N-dealkylation sites (tertiary alicyclic amines) is 1. The lowest BCUT2D eigenvalue weighted by molar-refractivity contribution is -0.148. The number of piperidine rings is 1. The Morgan fingerprint density at radius 1 is 0.891 bits per heavy atom. The summed E-state index contributed by atoms with van der Waals surface area (Å²) in [6.45, 7) is 1.74. The van der Waals surface area contributed by atoms with Gasteiger partial charge in [-0.2, -0.15) is 0 Å². The van der Waals surface area contributed by atoms with Crippen LogP contribution in [0, 0.1) is 29.6 Å². The van der Waals surface area contributed by atoms with E-state index in [-0.39, 0.29) is 30.3 Å². The van der Waals surface area contributed by atoms with Crippen molar-refractivity contribution in [3.8, 4) is 0 Å². The maximum Gasteiger partial charge on any atom is 0.330 e. The minimum absolute atomic E-state index is 0.0495. The topological polar surface area (TPSA) is 111 Å². The average molecular weight is 628 g/mol. The zero-order chi connectivity index (χ0) is 31.8. The van der Waals surface area contributed by atoms with Gasteiger partial charge in [0.2, 0.25) is 11.8 Å². The number of esters is 1. The molecule has 4 aliphatic carbocycles. The van der Waals surface area contributed by atoms with Crippen LogP contribution in [0.25, 0.3) is 0 Å². The third-order valence-corrected chi connectivity index (χ3v) is 11.5. The molecule has 6 aliphatic rings. The van der Waals surface area contributed by atoms with Crippen LogP contribution in [0.2, 0.25) is 0 Å². The van der Waals surface area contributed by atoms with Crippen LogP contribution >= 0.6 is 0 Å². The normalized spacial score (nSPS) is 28.3. The van der Waals surface area contributed by atoms with E-state index in [9.17, 15) is 19.2 Å². The van der Waals surface area contributed by atoms with Crippen LogP contribution in [0.15, 0.2) is 60.7 Å². The van der Waals surface area contributed by atoms with E-state index in [4.69, 9.17) is 4.74 Å². The largest absolute Gasteiger partial charge is 0.467 e. The number of urea groups is 1. The molecule has 4 saturated carbocycles. The number of anilines is 1. The van der Waals surface area contributed by atoms with Gasteiger partial charge in [0.05, 0.1) is 20.3 Å². The predicted octanol–water partition coefficient (Wildman–Crippen LogP) is 3.77. The van der Waals surface area contributed by atoms with Gasteiger partial charge in [-0.1, -0.05) is 48.5 Å². The first-order valence-electron chi connectivity index (χ1n) is 16.9. The zero-order valence-electron chi connectivity index (χ0n) is 26.6. The second-order valence-corrected chi connectivity index (χ2v) is 14.1. The van der Waals surface area contributed by atoms with Crippen molar-refractivity contribution >= 4 is 29.5 Å². The highest BCUT2D eigenvalue weighted by Crippen LogP contribution is 2.56. The number of hydrogen-bond donors (Lipinski definition) is 2. The minimum Gasteiger partial charge on any atom is -0.467 e. The molecule has 2 aliphatic heterocycles. The summed E-state index contributed by atoms with van der Waals surface area (Å²) < 4.78 is 5.01. The molecule has 4 amide bonds. The minimum atomic E-state index is -0.953. The Balaban J connectivity index is 0.984. The quantitative estimate of drug-likeness (QED) is 0.432. The van der Waals surface area contributed by atoms with Gasteiger partial charge < -0.3 is 30.1 Å². The maximum atomic E-state index is 14.1. The molecule has 2 saturated heterocycles. The number of ether oxygens (including phenoxy) is 1. The number of carbonyl (C=O) groups is 4. The lowest BCUT2D eigenvalue weighted by Crippen LogP contribution is -2.59. The molecule has 4 bridgehead atoms. The van der Waals surface area contributed by atoms with Gasteiger partial charge >= 0.3 is 12.0 Å². The van der Waals surface area contributed by atoms with E-state index in [0.29, 0.717) is 51.0 Å². The first kappa shape index (κ1) is 30.6. The molecule has 10 heteroatoms. The van der Waals surface area contributed by atoms with Crippen LogP contribution in [0.1, 0.15) is 50.5 Å². The van der Waals surface area contributed by atoms with E-state index in [2.05, 4.69) is 15.5 Å². The van der Waals surface area contributed by atoms with Crippen LogP contribution in [0.5, 0.6) is 0 Å². The summed E-state index contributed by atoms with van der Waals surface area (Å²) in [5.41, 5.74) is 1.32. The van der Waals surface area contributed by atoms with Gasteiger partial charge in [0, 0.05) is 31.2 Å². The summed E-state index contributed by atoms with van der Waals surface area (Å²) in [6.07, 6.45) is 6.71. The first-order valence-corrected chi connectivity index (χ1v) is 16.9. The molecule has 244 valence electrons. The van der Waals surface area contributed by atoms with E-state index >= 15 is 0 Å². The molecule has 1 atom stereocenters. The molecule has 2 N–H and O–H groups in total. The standard InChI is InChI=1S/C36H45N5O5/c1-46-33(43)30(38-32(42)31-27-17-25-16-26(19-27)20-28(31)18-25)21-37-35(45)39-14-12-36(13-15-39)34(44)40(22-24-8-4-2-5-9-24)23-41(36)29-10-6-3-7-11-29/h2-11,25-28,30-31H,12-23H2,1H3,(H,37,45)(H,38,42). The molecular weight excluding hydrogens is 582 g/mol. The van der Waals surface area contributed by atoms with Crippen molar-refractivity contribution in [1.29, 1.82) is 0 Å². The smallest absolute Gasteiger partial charge is 0.330 e. The van der Waals surface area contributed by atoms with E-state index < -0.39 is 17.6 Å². The molecule has 8 rings (SSSR count). The summed E-state index contributed by atoms with van der Waals surface area (Å²) in [5.74, 6) is 1.65. The molecule has 1 unspecified atom stereocenters. The number of nitrogens with one attached hydrogen (secondary N) is 2. The number of amides is 4. The van der Waals surface area contributed by atoms with Gasteiger partial charge in [0.15, 0.2) is 0 Å². The van der Waals surface area contributed by atoms with Crippen molar-refractivity contribution in [2.75, 3.05) is 38.3 Å². The molecular formula is C36H45N5O5. The molecule has 2 aromatic rings. The second-order valence-electron chi connectivity index (χ2n) is 14.1. The summed E-state index contributed by atoms with van der Waals surface area (Å²) >= 11 is 0. The second kappa shape index (κ2) is 12.6. The number of rotatable bonds is 8. The van der Waals surface area contributed by atoms with Gasteiger partial charge in [-0.3, -0.25) is 9.59 Å². The Hall–Kier alpha value is -4.08. The molecule has 2 aromatic carbocycles. The van der Waals surface area contributed by atoms with Crippen molar-refractivity contribution < 1.29 is 23.9 Å². The molecule has 0 radical (unpaired) electrons. The Kier molecular flexibility index (Phi) is 8.38. The average Bonchev–Trinajstić information content (AvgIpc) is 3.33. The van der Waals surface area contributed by atoms with Crippen LogP contribution in [-0.4, -0.2) is 78.6 Å². The summed E-state index contributed by atoms with van der Waals surface area (Å²) in [6, 6.07) is 18.7. The summed E-state index contributed by atoms with van der Waals surface area (Å²) in [5, 5.41) is 5.82. The third kappa shape index (κ3) is 5.71. The lowest BCUT2D eigenvalue weighted by Gasteiger charge is -2.53. The summed E-state index contributed by atoms with van der Waals surface area (Å²) in [4.78, 5) is 59.5. The molecule has 2 heterocycles. The van der Waals surface area contributed by atoms with Crippen molar-refractivity contribution in [2.45, 2.75) is 63.1 Å². The van der Waals surface area contributed by atoms with Crippen LogP contribution < -0.4 is 15.5 Å². The fourth-order valence-electron chi connectivity index (χ4n) is 9.46. The number of para-hydroxylation sites is 1. The number of methoxy groups -OCH3 is 1. The van der Waals surface area contributed by atoms with Crippen molar-refractivity contribution in [3.63, 3.8) is 0 Å². The van der Waals surface area contributed by atoms with E-state index in [0.717, 1.165) is 48.8 Å². The maximum absolute atomic E-state index is 14.1. The molecule has 0 aromatic heterocycles. The van der Waals surface area contributed by atoms with Crippen molar-refractivity contribution in [3.05, 3.63) is 66.2 Å². The highest BCUT2D eigenvalue weighted by atomic mass is 16.5. The van der Waals surface area contributed by atoms with E-state index in [1.54, 1.807) is 4.90 Å². The van der Waals surface area contributed by atoms with E-state index in [1.165, 1.54) is 13.5 Å². The van der Waals surface area contributed by atoms with Gasteiger partial charge in [-0.05, 0) is 86.3 Å². The lowest BCUT2D eigenvalue weighted by atomic mass is 9.51. The summed E-state index contributed by atoms with van der Waals surface area (Å²) in [7, 11) is 1.30. The highest BCUT2D eigenvalue weighted by Gasteiger charge is 2.54. The molecule has 1 spiro atoms. The van der Waals surface area contributed by atoms with Crippen LogP contribution in [0.4, 0.5) is 10.5 Å².